The first kappa shape index (κ1) is 19.8. The van der Waals surface area contributed by atoms with E-state index < -0.39 is 0 Å². The van der Waals surface area contributed by atoms with E-state index in [9.17, 15) is 0 Å². The molecule has 2 rings (SSSR count). The van der Waals surface area contributed by atoms with E-state index >= 15 is 0 Å². The Bertz CT molecular complexity index is 486. The fourth-order valence-corrected chi connectivity index (χ4v) is 2.80. The number of para-hydroxylation sites is 1. The van der Waals surface area contributed by atoms with E-state index in [1.54, 1.807) is 11.8 Å². The van der Waals surface area contributed by atoms with E-state index in [-0.39, 0.29) is 0 Å². The molecule has 0 amide bonds. The number of rotatable bonds is 14. The fourth-order valence-electron chi connectivity index (χ4n) is 2.01. The molecule has 0 unspecified atom stereocenters. The third-order valence-electron chi connectivity index (χ3n) is 3.22. The number of hydrogen-bond donors (Lipinski definition) is 0. The molecular weight excluding hydrogens is 336 g/mol. The van der Waals surface area contributed by atoms with Crippen molar-refractivity contribution >= 4 is 11.8 Å². The largest absolute Gasteiger partial charge is 0.491 e. The Morgan fingerprint density at radius 1 is 0.560 bits per heavy atom. The van der Waals surface area contributed by atoms with Gasteiger partial charge in [-0.2, -0.15) is 0 Å². The van der Waals surface area contributed by atoms with Gasteiger partial charge in [0.25, 0.3) is 0 Å². The van der Waals surface area contributed by atoms with Crippen molar-refractivity contribution in [3.8, 4) is 5.75 Å². The zero-order valence-electron chi connectivity index (χ0n) is 14.5. The van der Waals surface area contributed by atoms with Crippen LogP contribution in [0.3, 0.4) is 0 Å². The molecule has 0 heterocycles. The van der Waals surface area contributed by atoms with Crippen molar-refractivity contribution in [3.05, 3.63) is 60.7 Å². The molecule has 0 bridgehead atoms. The molecule has 0 fully saturated rings. The molecule has 136 valence electrons. The van der Waals surface area contributed by atoms with E-state index in [1.807, 2.05) is 48.5 Å². The lowest BCUT2D eigenvalue weighted by Gasteiger charge is -2.08. The van der Waals surface area contributed by atoms with Gasteiger partial charge in [0.1, 0.15) is 12.4 Å². The molecule has 0 spiro atoms. The molecule has 0 aliphatic heterocycles. The standard InChI is InChI=1S/C20H26O4S/c1-3-7-19(8-4-1)24-16-15-22-12-11-21-13-14-23-17-18-25-20-9-5-2-6-10-20/h1-10H,11-18H2. The maximum absolute atomic E-state index is 5.54. The van der Waals surface area contributed by atoms with E-state index in [2.05, 4.69) is 12.1 Å². The molecule has 5 heteroatoms. The summed E-state index contributed by atoms with van der Waals surface area (Å²) >= 11 is 1.80. The molecule has 0 aliphatic rings. The van der Waals surface area contributed by atoms with Crippen molar-refractivity contribution in [1.82, 2.24) is 0 Å². The molecule has 0 aromatic heterocycles. The van der Waals surface area contributed by atoms with Crippen LogP contribution in [0, 0.1) is 0 Å². The molecule has 0 aliphatic carbocycles. The Kier molecular flexibility index (Phi) is 10.9. The highest BCUT2D eigenvalue weighted by Crippen LogP contribution is 2.16. The zero-order valence-corrected chi connectivity index (χ0v) is 15.3. The Morgan fingerprint density at radius 2 is 1.08 bits per heavy atom. The van der Waals surface area contributed by atoms with Crippen molar-refractivity contribution in [2.75, 3.05) is 52.0 Å². The maximum atomic E-state index is 5.54. The lowest BCUT2D eigenvalue weighted by atomic mass is 10.3. The minimum atomic E-state index is 0.548. The first-order chi connectivity index (χ1) is 12.4. The second-order valence-corrected chi connectivity index (χ2v) is 6.33. The van der Waals surface area contributed by atoms with Gasteiger partial charge in [-0.25, -0.2) is 0 Å². The molecule has 0 saturated carbocycles. The molecule has 0 saturated heterocycles. The topological polar surface area (TPSA) is 36.9 Å². The van der Waals surface area contributed by atoms with Crippen molar-refractivity contribution in [2.24, 2.45) is 0 Å². The SMILES string of the molecule is c1ccc(OCCOCCOCCOCCSc2ccccc2)cc1. The number of benzene rings is 2. The number of ether oxygens (including phenoxy) is 4. The van der Waals surface area contributed by atoms with Gasteiger partial charge < -0.3 is 18.9 Å². The van der Waals surface area contributed by atoms with Gasteiger partial charge in [-0.05, 0) is 24.3 Å². The van der Waals surface area contributed by atoms with Gasteiger partial charge in [-0.3, -0.25) is 0 Å². The van der Waals surface area contributed by atoms with Gasteiger partial charge in [0, 0.05) is 10.6 Å². The van der Waals surface area contributed by atoms with Crippen LogP contribution in [0.1, 0.15) is 0 Å². The second kappa shape index (κ2) is 13.7. The van der Waals surface area contributed by atoms with Crippen LogP contribution in [0.5, 0.6) is 5.75 Å². The maximum Gasteiger partial charge on any atom is 0.119 e. The summed E-state index contributed by atoms with van der Waals surface area (Å²) in [4.78, 5) is 1.27. The van der Waals surface area contributed by atoms with Crippen LogP contribution in [0.15, 0.2) is 65.6 Å². The van der Waals surface area contributed by atoms with Crippen LogP contribution in [0.2, 0.25) is 0 Å². The van der Waals surface area contributed by atoms with Gasteiger partial charge in [0.2, 0.25) is 0 Å². The van der Waals surface area contributed by atoms with Crippen molar-refractivity contribution < 1.29 is 18.9 Å². The summed E-state index contributed by atoms with van der Waals surface area (Å²) in [7, 11) is 0. The molecular formula is C20H26O4S. The van der Waals surface area contributed by atoms with Gasteiger partial charge in [0.15, 0.2) is 0 Å². The van der Waals surface area contributed by atoms with Crippen molar-refractivity contribution in [3.63, 3.8) is 0 Å². The van der Waals surface area contributed by atoms with E-state index in [0.29, 0.717) is 39.6 Å². The minimum absolute atomic E-state index is 0.548. The predicted molar refractivity (Wildman–Crippen MR) is 102 cm³/mol. The van der Waals surface area contributed by atoms with Crippen LogP contribution in [0.4, 0.5) is 0 Å². The molecule has 0 radical (unpaired) electrons. The van der Waals surface area contributed by atoms with Crippen LogP contribution in [-0.2, 0) is 14.2 Å². The predicted octanol–water partition coefficient (Wildman–Crippen LogP) is 3.91. The normalized spacial score (nSPS) is 10.7. The highest BCUT2D eigenvalue weighted by molar-refractivity contribution is 7.99. The van der Waals surface area contributed by atoms with Crippen molar-refractivity contribution in [2.45, 2.75) is 4.90 Å². The van der Waals surface area contributed by atoms with E-state index in [4.69, 9.17) is 18.9 Å². The van der Waals surface area contributed by atoms with Crippen molar-refractivity contribution in [1.29, 1.82) is 0 Å². The smallest absolute Gasteiger partial charge is 0.119 e. The number of hydrogen-bond acceptors (Lipinski definition) is 5. The van der Waals surface area contributed by atoms with Crippen LogP contribution >= 0.6 is 11.8 Å². The summed E-state index contributed by atoms with van der Waals surface area (Å²) in [6, 6.07) is 20.1. The first-order valence-electron chi connectivity index (χ1n) is 8.54. The van der Waals surface area contributed by atoms with E-state index in [1.165, 1.54) is 4.90 Å². The summed E-state index contributed by atoms with van der Waals surface area (Å²) in [5, 5.41) is 0. The summed E-state index contributed by atoms with van der Waals surface area (Å²) in [6.07, 6.45) is 0. The molecule has 0 N–H and O–H groups in total. The average Bonchev–Trinajstić information content (AvgIpc) is 2.67. The third kappa shape index (κ3) is 10.1. The lowest BCUT2D eigenvalue weighted by Crippen LogP contribution is -2.13. The molecule has 2 aromatic rings. The Hall–Kier alpha value is -1.53. The monoisotopic (exact) mass is 362 g/mol. The summed E-state index contributed by atoms with van der Waals surface area (Å²) < 4.78 is 22.0. The Balaban J connectivity index is 1.30. The number of thioether (sulfide) groups is 1. The first-order valence-corrected chi connectivity index (χ1v) is 9.52. The van der Waals surface area contributed by atoms with Gasteiger partial charge in [-0.1, -0.05) is 36.4 Å². The Labute approximate surface area is 154 Å². The molecule has 4 nitrogen and oxygen atoms in total. The van der Waals surface area contributed by atoms with Gasteiger partial charge in [-0.15, -0.1) is 11.8 Å². The van der Waals surface area contributed by atoms with Crippen LogP contribution in [-0.4, -0.2) is 52.0 Å². The Morgan fingerprint density at radius 3 is 1.72 bits per heavy atom. The molecule has 25 heavy (non-hydrogen) atoms. The average molecular weight is 362 g/mol. The van der Waals surface area contributed by atoms with Crippen LogP contribution in [0.25, 0.3) is 0 Å². The summed E-state index contributed by atoms with van der Waals surface area (Å²) in [6.45, 7) is 4.20. The quantitative estimate of drug-likeness (QED) is 0.376. The summed E-state index contributed by atoms with van der Waals surface area (Å²) in [5.41, 5.74) is 0. The highest BCUT2D eigenvalue weighted by atomic mass is 32.2. The summed E-state index contributed by atoms with van der Waals surface area (Å²) in [5.74, 6) is 1.82. The van der Waals surface area contributed by atoms with Gasteiger partial charge >= 0.3 is 0 Å². The zero-order chi connectivity index (χ0) is 17.4. The third-order valence-corrected chi connectivity index (χ3v) is 4.20. The molecule has 0 atom stereocenters. The second-order valence-electron chi connectivity index (χ2n) is 5.16. The fraction of sp³-hybridized carbons (Fsp3) is 0.400. The van der Waals surface area contributed by atoms with Crippen LogP contribution < -0.4 is 4.74 Å². The molecule has 2 aromatic carbocycles. The lowest BCUT2D eigenvalue weighted by molar-refractivity contribution is 0.0118. The minimum Gasteiger partial charge on any atom is -0.491 e. The van der Waals surface area contributed by atoms with E-state index in [0.717, 1.165) is 18.1 Å². The van der Waals surface area contributed by atoms with Gasteiger partial charge in [0.05, 0.1) is 39.6 Å². The highest BCUT2D eigenvalue weighted by Gasteiger charge is 1.95.